The van der Waals surface area contributed by atoms with E-state index in [9.17, 15) is 19.3 Å². The van der Waals surface area contributed by atoms with Gasteiger partial charge in [0.2, 0.25) is 5.91 Å². The van der Waals surface area contributed by atoms with Crippen molar-refractivity contribution in [3.05, 3.63) is 35.9 Å². The quantitative estimate of drug-likeness (QED) is 0.616. The summed E-state index contributed by atoms with van der Waals surface area (Å²) in [5.41, 5.74) is -0.804. The van der Waals surface area contributed by atoms with Gasteiger partial charge >= 0.3 is 13.6 Å². The van der Waals surface area contributed by atoms with Crippen LogP contribution in [0.4, 0.5) is 0 Å². The smallest absolute Gasteiger partial charge is 0.334 e. The number of nitrogens with zero attached hydrogens (tertiary/aromatic N) is 1. The van der Waals surface area contributed by atoms with Gasteiger partial charge in [-0.3, -0.25) is 9.36 Å². The molecule has 0 fully saturated rings. The minimum atomic E-state index is -4.57. The first kappa shape index (κ1) is 19.4. The molecule has 0 heterocycles. The molecular weight excluding hydrogens is 321 g/mol. The molecule has 1 rings (SSSR count). The van der Waals surface area contributed by atoms with Gasteiger partial charge in [-0.2, -0.15) is 0 Å². The Morgan fingerprint density at radius 1 is 1.17 bits per heavy atom. The molecule has 0 spiro atoms. The first-order valence-electron chi connectivity index (χ1n) is 7.28. The lowest BCUT2D eigenvalue weighted by Gasteiger charge is -2.40. The Morgan fingerprint density at radius 3 is 2.13 bits per heavy atom. The highest BCUT2D eigenvalue weighted by molar-refractivity contribution is 7.52. The Bertz CT molecular complexity index is 599. The summed E-state index contributed by atoms with van der Waals surface area (Å²) in [5, 5.41) is 9.75. The number of carbonyl (C=O) groups is 2. The Labute approximate surface area is 135 Å². The average Bonchev–Trinajstić information content (AvgIpc) is 2.45. The maximum absolute atomic E-state index is 12.3. The molecule has 0 saturated carbocycles. The Hall–Kier alpha value is -1.69. The first-order chi connectivity index (χ1) is 10.7. The number of likely N-dealkylation sites (N-methyl/N-ethyl adjacent to an activating group) is 1. The largest absolute Gasteiger partial charge is 0.479 e. The van der Waals surface area contributed by atoms with E-state index in [-0.39, 0.29) is 19.4 Å². The lowest BCUT2D eigenvalue weighted by molar-refractivity contribution is -0.158. The van der Waals surface area contributed by atoms with Gasteiger partial charge in [0, 0.05) is 13.0 Å². The van der Waals surface area contributed by atoms with E-state index >= 15 is 0 Å². The topological polar surface area (TPSA) is 115 Å². The van der Waals surface area contributed by atoms with Crippen molar-refractivity contribution in [2.75, 3.05) is 12.7 Å². The van der Waals surface area contributed by atoms with Gasteiger partial charge in [0.25, 0.3) is 0 Å². The molecule has 1 atom stereocenters. The molecular formula is C15H22NO6P. The van der Waals surface area contributed by atoms with Gasteiger partial charge in [-0.25, -0.2) is 4.79 Å². The summed E-state index contributed by atoms with van der Waals surface area (Å²) in [6, 6.07) is 8.86. The number of carboxylic acids is 1. The van der Waals surface area contributed by atoms with Crippen molar-refractivity contribution in [2.24, 2.45) is 0 Å². The van der Waals surface area contributed by atoms with E-state index in [1.54, 1.807) is 44.2 Å². The minimum Gasteiger partial charge on any atom is -0.479 e. The fourth-order valence-corrected chi connectivity index (χ4v) is 3.19. The molecule has 0 aliphatic carbocycles. The highest BCUT2D eigenvalue weighted by atomic mass is 31.2. The van der Waals surface area contributed by atoms with Crippen molar-refractivity contribution >= 4 is 19.5 Å². The minimum absolute atomic E-state index is 0.0474. The SMILES string of the molecule is CCN(C(=O)CP(=O)(O)O)[C@](CC)(Cc1ccccc1)C(=O)O. The number of hydrogen-bond acceptors (Lipinski definition) is 3. The third kappa shape index (κ3) is 4.89. The Morgan fingerprint density at radius 2 is 1.74 bits per heavy atom. The third-order valence-corrected chi connectivity index (χ3v) is 4.48. The number of benzene rings is 1. The monoisotopic (exact) mass is 343 g/mol. The van der Waals surface area contributed by atoms with Gasteiger partial charge in [0.05, 0.1) is 0 Å². The van der Waals surface area contributed by atoms with Crippen LogP contribution in [0.3, 0.4) is 0 Å². The lowest BCUT2D eigenvalue weighted by atomic mass is 9.86. The molecule has 0 aliphatic heterocycles. The average molecular weight is 343 g/mol. The van der Waals surface area contributed by atoms with Crippen molar-refractivity contribution in [1.82, 2.24) is 4.90 Å². The number of aliphatic carboxylic acids is 1. The molecule has 0 aliphatic rings. The number of carboxylic acid groups (broad SMARTS) is 1. The van der Waals surface area contributed by atoms with E-state index in [1.165, 1.54) is 0 Å². The summed E-state index contributed by atoms with van der Waals surface area (Å²) in [6.07, 6.45) is -0.803. The number of carbonyl (C=O) groups excluding carboxylic acids is 1. The molecule has 1 amide bonds. The van der Waals surface area contributed by atoms with E-state index in [2.05, 4.69) is 0 Å². The molecule has 0 saturated heterocycles. The number of amides is 1. The van der Waals surface area contributed by atoms with Crippen LogP contribution in [0.15, 0.2) is 30.3 Å². The maximum Gasteiger partial charge on any atom is 0.334 e. The predicted octanol–water partition coefficient (Wildman–Crippen LogP) is 1.49. The number of hydrogen-bond donors (Lipinski definition) is 3. The predicted molar refractivity (Wildman–Crippen MR) is 85.1 cm³/mol. The second kappa shape index (κ2) is 7.73. The molecule has 8 heteroatoms. The number of rotatable bonds is 8. The van der Waals surface area contributed by atoms with E-state index in [4.69, 9.17) is 9.79 Å². The van der Waals surface area contributed by atoms with Crippen LogP contribution >= 0.6 is 7.60 Å². The zero-order chi connectivity index (χ0) is 17.7. The summed E-state index contributed by atoms with van der Waals surface area (Å²) in [7, 11) is -4.57. The summed E-state index contributed by atoms with van der Waals surface area (Å²) >= 11 is 0. The molecule has 3 N–H and O–H groups in total. The maximum atomic E-state index is 12.3. The zero-order valence-electron chi connectivity index (χ0n) is 13.2. The fourth-order valence-electron chi connectivity index (χ4n) is 2.67. The summed E-state index contributed by atoms with van der Waals surface area (Å²) in [6.45, 7) is 3.28. The molecule has 0 unspecified atom stereocenters. The van der Waals surface area contributed by atoms with E-state index < -0.39 is 31.2 Å². The van der Waals surface area contributed by atoms with Crippen molar-refractivity contribution < 1.29 is 29.0 Å². The molecule has 0 aromatic heterocycles. The highest BCUT2D eigenvalue weighted by Gasteiger charge is 2.45. The normalized spacial score (nSPS) is 14.1. The third-order valence-electron chi connectivity index (χ3n) is 3.80. The first-order valence-corrected chi connectivity index (χ1v) is 9.08. The molecule has 1 aromatic rings. The van der Waals surface area contributed by atoms with Gasteiger partial charge in [0.1, 0.15) is 11.7 Å². The van der Waals surface area contributed by atoms with Gasteiger partial charge in [-0.05, 0) is 18.9 Å². The van der Waals surface area contributed by atoms with E-state index in [1.807, 2.05) is 0 Å². The second-order valence-electron chi connectivity index (χ2n) is 5.31. The van der Waals surface area contributed by atoms with Crippen LogP contribution in [0, 0.1) is 0 Å². The van der Waals surface area contributed by atoms with Crippen LogP contribution < -0.4 is 0 Å². The van der Waals surface area contributed by atoms with Crippen LogP contribution in [0.1, 0.15) is 25.8 Å². The standard InChI is InChI=1S/C15H22NO6P/c1-3-15(14(18)19,10-12-8-6-5-7-9-12)16(4-2)13(17)11-23(20,21)22/h5-9H,3-4,10-11H2,1-2H3,(H,18,19)(H2,20,21,22)/t15-/m1/s1. The zero-order valence-corrected chi connectivity index (χ0v) is 14.1. The van der Waals surface area contributed by atoms with Gasteiger partial charge < -0.3 is 19.8 Å². The van der Waals surface area contributed by atoms with Crippen molar-refractivity contribution in [1.29, 1.82) is 0 Å². The molecule has 7 nitrogen and oxygen atoms in total. The molecule has 0 bridgehead atoms. The molecule has 0 radical (unpaired) electrons. The van der Waals surface area contributed by atoms with Crippen LogP contribution in [-0.4, -0.2) is 49.9 Å². The Balaban J connectivity index is 3.23. The van der Waals surface area contributed by atoms with Crippen molar-refractivity contribution in [2.45, 2.75) is 32.2 Å². The summed E-state index contributed by atoms with van der Waals surface area (Å²) < 4.78 is 11.1. The Kier molecular flexibility index (Phi) is 6.50. The summed E-state index contributed by atoms with van der Waals surface area (Å²) in [4.78, 5) is 43.3. The van der Waals surface area contributed by atoms with Crippen LogP contribution in [-0.2, 0) is 20.6 Å². The van der Waals surface area contributed by atoms with Gasteiger partial charge in [0.15, 0.2) is 0 Å². The van der Waals surface area contributed by atoms with Gasteiger partial charge in [-0.1, -0.05) is 37.3 Å². The molecule has 1 aromatic carbocycles. The van der Waals surface area contributed by atoms with E-state index in [0.29, 0.717) is 0 Å². The van der Waals surface area contributed by atoms with Crippen molar-refractivity contribution in [3.8, 4) is 0 Å². The van der Waals surface area contributed by atoms with Gasteiger partial charge in [-0.15, -0.1) is 0 Å². The molecule has 23 heavy (non-hydrogen) atoms. The van der Waals surface area contributed by atoms with Crippen LogP contribution in [0.5, 0.6) is 0 Å². The molecule has 128 valence electrons. The summed E-state index contributed by atoms with van der Waals surface area (Å²) in [5.74, 6) is -2.05. The highest BCUT2D eigenvalue weighted by Crippen LogP contribution is 2.36. The van der Waals surface area contributed by atoms with Crippen LogP contribution in [0.25, 0.3) is 0 Å². The van der Waals surface area contributed by atoms with Crippen molar-refractivity contribution in [3.63, 3.8) is 0 Å². The second-order valence-corrected chi connectivity index (χ2v) is 6.96. The van der Waals surface area contributed by atoms with E-state index in [0.717, 1.165) is 10.5 Å². The van der Waals surface area contributed by atoms with Crippen LogP contribution in [0.2, 0.25) is 0 Å². The fraction of sp³-hybridized carbons (Fsp3) is 0.467. The lowest BCUT2D eigenvalue weighted by Crippen LogP contribution is -2.58.